The molecule has 0 fully saturated rings. The molecule has 5 heteroatoms. The van der Waals surface area contributed by atoms with Gasteiger partial charge in [0.1, 0.15) is 12.3 Å². The number of carbonyl (C=O) groups is 2. The van der Waals surface area contributed by atoms with E-state index < -0.39 is 5.97 Å². The molecule has 1 aromatic carbocycles. The van der Waals surface area contributed by atoms with E-state index in [1.807, 2.05) is 0 Å². The van der Waals surface area contributed by atoms with Crippen LogP contribution in [-0.2, 0) is 9.53 Å². The molecular formula is C14H17NO4. The lowest BCUT2D eigenvalue weighted by Gasteiger charge is -2.20. The largest absolute Gasteiger partial charge is 0.508 e. The molecule has 0 aliphatic rings. The van der Waals surface area contributed by atoms with Crippen molar-refractivity contribution in [3.05, 3.63) is 42.5 Å². The summed E-state index contributed by atoms with van der Waals surface area (Å²) in [6, 6.07) is 5.84. The normalized spacial score (nSPS) is 9.74. The number of hydrogen-bond donors (Lipinski definition) is 1. The molecule has 1 aromatic rings. The Morgan fingerprint density at radius 3 is 2.53 bits per heavy atom. The van der Waals surface area contributed by atoms with Gasteiger partial charge in [-0.05, 0) is 31.2 Å². The van der Waals surface area contributed by atoms with Crippen molar-refractivity contribution < 1.29 is 19.4 Å². The minimum absolute atomic E-state index is 0.0808. The van der Waals surface area contributed by atoms with Crippen molar-refractivity contribution in [1.29, 1.82) is 0 Å². The fourth-order valence-electron chi connectivity index (χ4n) is 1.52. The average molecular weight is 263 g/mol. The maximum Gasteiger partial charge on any atom is 0.325 e. The first-order valence-corrected chi connectivity index (χ1v) is 5.93. The second-order valence-electron chi connectivity index (χ2n) is 3.83. The van der Waals surface area contributed by atoms with Crippen LogP contribution in [0.25, 0.3) is 0 Å². The Morgan fingerprint density at radius 1 is 1.37 bits per heavy atom. The van der Waals surface area contributed by atoms with Crippen molar-refractivity contribution in [3.63, 3.8) is 0 Å². The van der Waals surface area contributed by atoms with E-state index in [1.54, 1.807) is 6.92 Å². The summed E-state index contributed by atoms with van der Waals surface area (Å²) in [5.74, 6) is -0.693. The van der Waals surface area contributed by atoms with E-state index in [2.05, 4.69) is 6.58 Å². The molecule has 1 rings (SSSR count). The molecule has 0 atom stereocenters. The fourth-order valence-corrected chi connectivity index (χ4v) is 1.52. The SMILES string of the molecule is C=CCN(CC(=O)OCC)C(=O)c1ccc(O)cc1. The summed E-state index contributed by atoms with van der Waals surface area (Å²) >= 11 is 0. The number of nitrogens with zero attached hydrogens (tertiary/aromatic N) is 1. The van der Waals surface area contributed by atoms with Crippen LogP contribution in [0.5, 0.6) is 5.75 Å². The molecule has 102 valence electrons. The second kappa shape index (κ2) is 7.20. The number of phenolic OH excluding ortho intramolecular Hbond substituents is 1. The molecule has 0 saturated carbocycles. The Bertz CT molecular complexity index is 453. The highest BCUT2D eigenvalue weighted by Gasteiger charge is 2.18. The van der Waals surface area contributed by atoms with Gasteiger partial charge in [-0.1, -0.05) is 6.08 Å². The zero-order valence-electron chi connectivity index (χ0n) is 10.8. The van der Waals surface area contributed by atoms with Crippen molar-refractivity contribution >= 4 is 11.9 Å². The monoisotopic (exact) mass is 263 g/mol. The third-order valence-corrected chi connectivity index (χ3v) is 2.38. The molecule has 0 radical (unpaired) electrons. The van der Waals surface area contributed by atoms with Crippen molar-refractivity contribution in [2.45, 2.75) is 6.92 Å². The standard InChI is InChI=1S/C14H17NO4/c1-3-9-15(10-13(17)19-4-2)14(18)11-5-7-12(16)8-6-11/h3,5-8,16H,1,4,9-10H2,2H3. The summed E-state index contributed by atoms with van der Waals surface area (Å²) in [5.41, 5.74) is 0.393. The van der Waals surface area contributed by atoms with Crippen LogP contribution in [0.1, 0.15) is 17.3 Å². The lowest BCUT2D eigenvalue weighted by Crippen LogP contribution is -2.36. The van der Waals surface area contributed by atoms with Crippen LogP contribution in [0.15, 0.2) is 36.9 Å². The van der Waals surface area contributed by atoms with Crippen molar-refractivity contribution in [2.24, 2.45) is 0 Å². The maximum absolute atomic E-state index is 12.2. The first-order chi connectivity index (χ1) is 9.08. The highest BCUT2D eigenvalue weighted by Crippen LogP contribution is 2.12. The smallest absolute Gasteiger partial charge is 0.325 e. The van der Waals surface area contributed by atoms with Crippen LogP contribution < -0.4 is 0 Å². The third-order valence-electron chi connectivity index (χ3n) is 2.38. The molecule has 0 spiro atoms. The first kappa shape index (κ1) is 14.8. The molecule has 0 aromatic heterocycles. The predicted octanol–water partition coefficient (Wildman–Crippen LogP) is 1.58. The average Bonchev–Trinajstić information content (AvgIpc) is 2.38. The predicted molar refractivity (Wildman–Crippen MR) is 70.8 cm³/mol. The van der Waals surface area contributed by atoms with E-state index in [4.69, 9.17) is 4.74 Å². The van der Waals surface area contributed by atoms with Gasteiger partial charge in [0, 0.05) is 12.1 Å². The van der Waals surface area contributed by atoms with E-state index in [0.717, 1.165) is 0 Å². The van der Waals surface area contributed by atoms with Crippen molar-refractivity contribution in [3.8, 4) is 5.75 Å². The number of amides is 1. The van der Waals surface area contributed by atoms with Crippen LogP contribution in [0.2, 0.25) is 0 Å². The van der Waals surface area contributed by atoms with Gasteiger partial charge in [-0.3, -0.25) is 9.59 Å². The van der Waals surface area contributed by atoms with Gasteiger partial charge in [0.25, 0.3) is 5.91 Å². The Balaban J connectivity index is 2.80. The van der Waals surface area contributed by atoms with Crippen LogP contribution >= 0.6 is 0 Å². The highest BCUT2D eigenvalue weighted by atomic mass is 16.5. The number of esters is 1. The fraction of sp³-hybridized carbons (Fsp3) is 0.286. The van der Waals surface area contributed by atoms with Gasteiger partial charge in [0.15, 0.2) is 0 Å². The number of hydrogen-bond acceptors (Lipinski definition) is 4. The minimum atomic E-state index is -0.462. The zero-order chi connectivity index (χ0) is 14.3. The summed E-state index contributed by atoms with van der Waals surface area (Å²) < 4.78 is 4.82. The molecule has 0 heterocycles. The summed E-state index contributed by atoms with van der Waals surface area (Å²) in [6.07, 6.45) is 1.54. The van der Waals surface area contributed by atoms with E-state index in [9.17, 15) is 14.7 Å². The van der Waals surface area contributed by atoms with Gasteiger partial charge in [-0.25, -0.2) is 0 Å². The van der Waals surface area contributed by atoms with Gasteiger partial charge < -0.3 is 14.7 Å². The topological polar surface area (TPSA) is 66.8 Å². The summed E-state index contributed by atoms with van der Waals surface area (Å²) in [5, 5.41) is 9.18. The van der Waals surface area contributed by atoms with E-state index >= 15 is 0 Å². The van der Waals surface area contributed by atoms with Gasteiger partial charge in [-0.2, -0.15) is 0 Å². The molecule has 0 saturated heterocycles. The van der Waals surface area contributed by atoms with Gasteiger partial charge in [0.2, 0.25) is 0 Å². The van der Waals surface area contributed by atoms with Crippen molar-refractivity contribution in [1.82, 2.24) is 4.90 Å². The minimum Gasteiger partial charge on any atom is -0.508 e. The Hall–Kier alpha value is -2.30. The molecule has 5 nitrogen and oxygen atoms in total. The van der Waals surface area contributed by atoms with E-state index in [0.29, 0.717) is 5.56 Å². The maximum atomic E-state index is 12.2. The van der Waals surface area contributed by atoms with Gasteiger partial charge in [0.05, 0.1) is 6.61 Å². The van der Waals surface area contributed by atoms with E-state index in [-0.39, 0.29) is 31.4 Å². The summed E-state index contributed by atoms with van der Waals surface area (Å²) in [6.45, 7) is 5.66. The molecule has 1 N–H and O–H groups in total. The van der Waals surface area contributed by atoms with Gasteiger partial charge >= 0.3 is 5.97 Å². The number of aromatic hydroxyl groups is 1. The Morgan fingerprint density at radius 2 is 2.00 bits per heavy atom. The third kappa shape index (κ3) is 4.46. The molecular weight excluding hydrogens is 246 g/mol. The lowest BCUT2D eigenvalue weighted by molar-refractivity contribution is -0.143. The second-order valence-corrected chi connectivity index (χ2v) is 3.83. The highest BCUT2D eigenvalue weighted by molar-refractivity contribution is 5.96. The van der Waals surface area contributed by atoms with Crippen LogP contribution in [0.4, 0.5) is 0 Å². The summed E-state index contributed by atoms with van der Waals surface area (Å²) in [4.78, 5) is 24.9. The zero-order valence-corrected chi connectivity index (χ0v) is 10.8. The molecule has 0 unspecified atom stereocenters. The first-order valence-electron chi connectivity index (χ1n) is 5.93. The Labute approximate surface area is 112 Å². The number of carbonyl (C=O) groups excluding carboxylic acids is 2. The Kier molecular flexibility index (Phi) is 5.60. The molecule has 0 aliphatic carbocycles. The number of benzene rings is 1. The quantitative estimate of drug-likeness (QED) is 0.625. The lowest BCUT2D eigenvalue weighted by atomic mass is 10.2. The van der Waals surface area contributed by atoms with Crippen molar-refractivity contribution in [2.75, 3.05) is 19.7 Å². The molecule has 0 bridgehead atoms. The summed E-state index contributed by atoms with van der Waals surface area (Å²) in [7, 11) is 0. The number of ether oxygens (including phenoxy) is 1. The molecule has 19 heavy (non-hydrogen) atoms. The van der Waals surface area contributed by atoms with Gasteiger partial charge in [-0.15, -0.1) is 6.58 Å². The van der Waals surface area contributed by atoms with E-state index in [1.165, 1.54) is 35.2 Å². The molecule has 1 amide bonds. The van der Waals surface area contributed by atoms with Crippen LogP contribution in [0, 0.1) is 0 Å². The number of phenols is 1. The van der Waals surface area contributed by atoms with Crippen LogP contribution in [0.3, 0.4) is 0 Å². The number of rotatable bonds is 6. The van der Waals surface area contributed by atoms with Crippen LogP contribution in [-0.4, -0.2) is 41.6 Å². The molecule has 0 aliphatic heterocycles.